The fraction of sp³-hybridized carbons (Fsp3) is 0. The molecule has 0 aliphatic carbocycles. The van der Waals surface area contributed by atoms with Gasteiger partial charge in [-0.15, -0.1) is 0 Å². The summed E-state index contributed by atoms with van der Waals surface area (Å²) in [4.78, 5) is 0. The summed E-state index contributed by atoms with van der Waals surface area (Å²) in [6.45, 7) is 0. The molecular formula is C12H6N2S. The van der Waals surface area contributed by atoms with Gasteiger partial charge in [0.15, 0.2) is 0 Å². The average Bonchev–Trinajstić information content (AvgIpc) is 2.81. The summed E-state index contributed by atoms with van der Waals surface area (Å²) < 4.78 is 0. The van der Waals surface area contributed by atoms with Crippen molar-refractivity contribution in [2.75, 3.05) is 0 Å². The van der Waals surface area contributed by atoms with E-state index in [1.165, 1.54) is 0 Å². The van der Waals surface area contributed by atoms with Gasteiger partial charge < -0.3 is 0 Å². The molecule has 0 unspecified atom stereocenters. The number of thiophene rings is 1. The first-order chi connectivity index (χ1) is 7.35. The van der Waals surface area contributed by atoms with Crippen LogP contribution in [-0.4, -0.2) is 0 Å². The van der Waals surface area contributed by atoms with Crippen LogP contribution < -0.4 is 0 Å². The lowest BCUT2D eigenvalue weighted by Crippen LogP contribution is -1.84. The van der Waals surface area contributed by atoms with E-state index in [2.05, 4.69) is 0 Å². The van der Waals surface area contributed by atoms with E-state index in [0.29, 0.717) is 11.1 Å². The Labute approximate surface area is 91.6 Å². The summed E-state index contributed by atoms with van der Waals surface area (Å²) in [7, 11) is 0. The molecular weight excluding hydrogens is 204 g/mol. The normalized spacial score (nSPS) is 9.20. The van der Waals surface area contributed by atoms with Gasteiger partial charge in [0.1, 0.15) is 12.1 Å². The first kappa shape index (κ1) is 9.45. The molecule has 0 aliphatic rings. The van der Waals surface area contributed by atoms with Crippen molar-refractivity contribution < 1.29 is 0 Å². The molecule has 2 nitrogen and oxygen atoms in total. The van der Waals surface area contributed by atoms with Gasteiger partial charge in [0.05, 0.1) is 11.1 Å². The lowest BCUT2D eigenvalue weighted by atomic mass is 10.0. The fourth-order valence-electron chi connectivity index (χ4n) is 1.34. The maximum Gasteiger partial charge on any atom is 0.101 e. The third-order valence-electron chi connectivity index (χ3n) is 2.11. The van der Waals surface area contributed by atoms with Gasteiger partial charge >= 0.3 is 0 Å². The van der Waals surface area contributed by atoms with Crippen molar-refractivity contribution in [2.24, 2.45) is 0 Å². The largest absolute Gasteiger partial charge is 0.192 e. The third-order valence-corrected chi connectivity index (χ3v) is 2.80. The second kappa shape index (κ2) is 3.96. The summed E-state index contributed by atoms with van der Waals surface area (Å²) in [5.74, 6) is 0. The zero-order valence-corrected chi connectivity index (χ0v) is 8.58. The molecule has 0 radical (unpaired) electrons. The van der Waals surface area contributed by atoms with Crippen LogP contribution >= 0.6 is 11.3 Å². The Kier molecular flexibility index (Phi) is 2.49. The second-order valence-corrected chi connectivity index (χ2v) is 3.78. The Morgan fingerprint density at radius 2 is 1.73 bits per heavy atom. The molecule has 0 saturated heterocycles. The standard InChI is InChI=1S/C12H6N2S/c13-6-10-2-1-9(5-12(10)7-14)11-3-4-15-8-11/h1-5,8H. The molecule has 3 heteroatoms. The van der Waals surface area contributed by atoms with E-state index >= 15 is 0 Å². The van der Waals surface area contributed by atoms with Crippen LogP contribution in [0.4, 0.5) is 0 Å². The summed E-state index contributed by atoms with van der Waals surface area (Å²) in [6.07, 6.45) is 0. The van der Waals surface area contributed by atoms with E-state index < -0.39 is 0 Å². The Hall–Kier alpha value is -2.10. The highest BCUT2D eigenvalue weighted by molar-refractivity contribution is 7.08. The molecule has 2 rings (SSSR count). The van der Waals surface area contributed by atoms with Crippen LogP contribution in [0.1, 0.15) is 11.1 Å². The zero-order chi connectivity index (χ0) is 10.7. The van der Waals surface area contributed by atoms with Crippen molar-refractivity contribution in [2.45, 2.75) is 0 Å². The van der Waals surface area contributed by atoms with Crippen LogP contribution in [-0.2, 0) is 0 Å². The molecule has 0 saturated carbocycles. The SMILES string of the molecule is N#Cc1ccc(-c2ccsc2)cc1C#N. The number of nitriles is 2. The molecule has 0 amide bonds. The topological polar surface area (TPSA) is 47.6 Å². The molecule has 0 bridgehead atoms. The van der Waals surface area contributed by atoms with E-state index in [0.717, 1.165) is 11.1 Å². The van der Waals surface area contributed by atoms with Crippen molar-refractivity contribution in [3.05, 3.63) is 46.2 Å². The molecule has 0 atom stereocenters. The number of rotatable bonds is 1. The van der Waals surface area contributed by atoms with Crippen LogP contribution in [0.5, 0.6) is 0 Å². The van der Waals surface area contributed by atoms with Crippen LogP contribution in [0.3, 0.4) is 0 Å². The summed E-state index contributed by atoms with van der Waals surface area (Å²) in [5, 5.41) is 21.6. The average molecular weight is 210 g/mol. The highest BCUT2D eigenvalue weighted by Crippen LogP contribution is 2.24. The quantitative estimate of drug-likeness (QED) is 0.725. The first-order valence-electron chi connectivity index (χ1n) is 4.32. The molecule has 70 valence electrons. The minimum atomic E-state index is 0.427. The molecule has 1 aromatic heterocycles. The molecule has 0 N–H and O–H groups in total. The molecule has 0 aliphatic heterocycles. The van der Waals surface area contributed by atoms with Gasteiger partial charge in [-0.2, -0.15) is 21.9 Å². The van der Waals surface area contributed by atoms with Gasteiger partial charge in [-0.1, -0.05) is 6.07 Å². The molecule has 1 aromatic carbocycles. The van der Waals surface area contributed by atoms with Crippen molar-refractivity contribution in [1.82, 2.24) is 0 Å². The maximum atomic E-state index is 8.87. The summed E-state index contributed by atoms with van der Waals surface area (Å²) in [5.41, 5.74) is 2.92. The molecule has 2 aromatic rings. The Morgan fingerprint density at radius 1 is 0.933 bits per heavy atom. The van der Waals surface area contributed by atoms with Gasteiger partial charge in [0.2, 0.25) is 0 Å². The molecule has 15 heavy (non-hydrogen) atoms. The number of benzene rings is 1. The highest BCUT2D eigenvalue weighted by atomic mass is 32.1. The van der Waals surface area contributed by atoms with Crippen LogP contribution in [0.2, 0.25) is 0 Å². The fourth-order valence-corrected chi connectivity index (χ4v) is 2.01. The van der Waals surface area contributed by atoms with E-state index in [-0.39, 0.29) is 0 Å². The second-order valence-electron chi connectivity index (χ2n) is 3.00. The Bertz CT molecular complexity index is 556. The van der Waals surface area contributed by atoms with Crippen LogP contribution in [0.15, 0.2) is 35.0 Å². The minimum absolute atomic E-state index is 0.427. The number of hydrogen-bond acceptors (Lipinski definition) is 3. The van der Waals surface area contributed by atoms with Gasteiger partial charge in [0.25, 0.3) is 0 Å². The number of nitrogens with zero attached hydrogens (tertiary/aromatic N) is 2. The van der Waals surface area contributed by atoms with Crippen LogP contribution in [0.25, 0.3) is 11.1 Å². The maximum absolute atomic E-state index is 8.87. The van der Waals surface area contributed by atoms with E-state index in [4.69, 9.17) is 10.5 Å². The van der Waals surface area contributed by atoms with Gasteiger partial charge in [-0.05, 0) is 40.1 Å². The summed E-state index contributed by atoms with van der Waals surface area (Å²) in [6, 6.07) is 11.3. The monoisotopic (exact) mass is 210 g/mol. The molecule has 1 heterocycles. The van der Waals surface area contributed by atoms with Gasteiger partial charge in [-0.3, -0.25) is 0 Å². The predicted octanol–water partition coefficient (Wildman–Crippen LogP) is 3.16. The van der Waals surface area contributed by atoms with E-state index in [9.17, 15) is 0 Å². The summed E-state index contributed by atoms with van der Waals surface area (Å²) >= 11 is 1.61. The lowest BCUT2D eigenvalue weighted by Gasteiger charge is -1.99. The van der Waals surface area contributed by atoms with Crippen molar-refractivity contribution >= 4 is 11.3 Å². The first-order valence-corrected chi connectivity index (χ1v) is 5.26. The third kappa shape index (κ3) is 1.74. The van der Waals surface area contributed by atoms with Gasteiger partial charge in [-0.25, -0.2) is 0 Å². The highest BCUT2D eigenvalue weighted by Gasteiger charge is 2.04. The van der Waals surface area contributed by atoms with Crippen LogP contribution in [0, 0.1) is 22.7 Å². The molecule has 0 fully saturated rings. The number of hydrogen-bond donors (Lipinski definition) is 0. The van der Waals surface area contributed by atoms with Crippen molar-refractivity contribution in [1.29, 1.82) is 10.5 Å². The predicted molar refractivity (Wildman–Crippen MR) is 59.2 cm³/mol. The Balaban J connectivity index is 2.56. The van der Waals surface area contributed by atoms with E-state index in [1.807, 2.05) is 35.0 Å². The van der Waals surface area contributed by atoms with Crippen molar-refractivity contribution in [3.8, 4) is 23.3 Å². The zero-order valence-electron chi connectivity index (χ0n) is 7.77. The van der Waals surface area contributed by atoms with E-state index in [1.54, 1.807) is 23.5 Å². The minimum Gasteiger partial charge on any atom is -0.192 e. The molecule has 0 spiro atoms. The lowest BCUT2D eigenvalue weighted by molar-refractivity contribution is 1.43. The van der Waals surface area contributed by atoms with Gasteiger partial charge in [0, 0.05) is 0 Å². The van der Waals surface area contributed by atoms with Crippen molar-refractivity contribution in [3.63, 3.8) is 0 Å². The smallest absolute Gasteiger partial charge is 0.101 e. The Morgan fingerprint density at radius 3 is 2.33 bits per heavy atom.